The van der Waals surface area contributed by atoms with Crippen molar-refractivity contribution in [3.8, 4) is 5.75 Å². The van der Waals surface area contributed by atoms with Crippen molar-refractivity contribution in [2.75, 3.05) is 20.2 Å². The SMILES string of the molecule is COc1ccccc1C1(C(=O)NC2CCN(Cc3ccccc3)CC2)CCC1. The molecule has 4 rings (SSSR count). The summed E-state index contributed by atoms with van der Waals surface area (Å²) in [7, 11) is 1.69. The van der Waals surface area contributed by atoms with E-state index in [0.29, 0.717) is 0 Å². The normalized spacial score (nSPS) is 19.6. The highest BCUT2D eigenvalue weighted by molar-refractivity contribution is 5.90. The molecule has 0 bridgehead atoms. The summed E-state index contributed by atoms with van der Waals surface area (Å²) in [5.74, 6) is 1.01. The molecule has 2 aliphatic rings. The van der Waals surface area contributed by atoms with Crippen LogP contribution in [0.3, 0.4) is 0 Å². The standard InChI is InChI=1S/C24H30N2O2/c1-28-22-11-6-5-10-21(22)24(14-7-15-24)23(27)25-20-12-16-26(17-13-20)18-19-8-3-2-4-9-19/h2-6,8-11,20H,7,12-18H2,1H3,(H,25,27). The maximum atomic E-state index is 13.3. The maximum absolute atomic E-state index is 13.3. The van der Waals surface area contributed by atoms with Gasteiger partial charge in [-0.15, -0.1) is 0 Å². The quantitative estimate of drug-likeness (QED) is 0.829. The average Bonchev–Trinajstić information content (AvgIpc) is 2.70. The molecule has 0 atom stereocenters. The Kier molecular flexibility index (Phi) is 5.67. The number of methoxy groups -OCH3 is 1. The number of rotatable bonds is 6. The number of benzene rings is 2. The molecule has 28 heavy (non-hydrogen) atoms. The van der Waals surface area contributed by atoms with Gasteiger partial charge in [0, 0.05) is 31.2 Å². The van der Waals surface area contributed by atoms with Crippen LogP contribution in [0.4, 0.5) is 0 Å². The van der Waals surface area contributed by atoms with Crippen LogP contribution >= 0.6 is 0 Å². The van der Waals surface area contributed by atoms with Crippen LogP contribution in [-0.2, 0) is 16.8 Å². The molecule has 2 aromatic carbocycles. The Morgan fingerprint density at radius 2 is 1.75 bits per heavy atom. The molecule has 148 valence electrons. The molecule has 1 saturated carbocycles. The number of nitrogens with one attached hydrogen (secondary N) is 1. The zero-order valence-electron chi connectivity index (χ0n) is 16.7. The van der Waals surface area contributed by atoms with Crippen LogP contribution in [0.5, 0.6) is 5.75 Å². The average molecular weight is 379 g/mol. The van der Waals surface area contributed by atoms with Gasteiger partial charge >= 0.3 is 0 Å². The molecule has 1 aliphatic carbocycles. The Bertz CT molecular complexity index is 793. The predicted octanol–water partition coefficient (Wildman–Crippen LogP) is 3.90. The van der Waals surface area contributed by atoms with Crippen LogP contribution in [0.25, 0.3) is 0 Å². The summed E-state index contributed by atoms with van der Waals surface area (Å²) in [6, 6.07) is 18.9. The van der Waals surface area contributed by atoms with Gasteiger partial charge in [0.15, 0.2) is 0 Å². The molecular weight excluding hydrogens is 348 g/mol. The molecule has 1 saturated heterocycles. The molecule has 2 aromatic rings. The van der Waals surface area contributed by atoms with Crippen LogP contribution in [0.1, 0.15) is 43.2 Å². The summed E-state index contributed by atoms with van der Waals surface area (Å²) in [6.45, 7) is 3.05. The molecule has 0 spiro atoms. The fourth-order valence-electron chi connectivity index (χ4n) is 4.59. The highest BCUT2D eigenvalue weighted by Gasteiger charge is 2.47. The van der Waals surface area contributed by atoms with E-state index in [2.05, 4.69) is 46.6 Å². The lowest BCUT2D eigenvalue weighted by molar-refractivity contribution is -0.131. The van der Waals surface area contributed by atoms with Crippen LogP contribution in [0, 0.1) is 0 Å². The minimum Gasteiger partial charge on any atom is -0.496 e. The maximum Gasteiger partial charge on any atom is 0.231 e. The Labute approximate surface area is 167 Å². The van der Waals surface area contributed by atoms with Gasteiger partial charge in [-0.25, -0.2) is 0 Å². The van der Waals surface area contributed by atoms with Gasteiger partial charge in [-0.05, 0) is 37.3 Å². The molecule has 1 aliphatic heterocycles. The largest absolute Gasteiger partial charge is 0.496 e. The first-order chi connectivity index (χ1) is 13.7. The van der Waals surface area contributed by atoms with E-state index >= 15 is 0 Å². The van der Waals surface area contributed by atoms with Gasteiger partial charge in [0.05, 0.1) is 12.5 Å². The second-order valence-electron chi connectivity index (χ2n) is 8.15. The molecule has 0 aromatic heterocycles. The van der Waals surface area contributed by atoms with E-state index < -0.39 is 5.41 Å². The van der Waals surface area contributed by atoms with Gasteiger partial charge in [0.25, 0.3) is 0 Å². The zero-order valence-corrected chi connectivity index (χ0v) is 16.7. The first-order valence-electron chi connectivity index (χ1n) is 10.4. The summed E-state index contributed by atoms with van der Waals surface area (Å²) in [4.78, 5) is 15.8. The summed E-state index contributed by atoms with van der Waals surface area (Å²) in [5, 5.41) is 3.37. The van der Waals surface area contributed by atoms with Crippen molar-refractivity contribution in [3.63, 3.8) is 0 Å². The minimum atomic E-state index is -0.409. The lowest BCUT2D eigenvalue weighted by atomic mass is 9.63. The molecule has 2 fully saturated rings. The van der Waals surface area contributed by atoms with Crippen molar-refractivity contribution in [3.05, 3.63) is 65.7 Å². The number of carbonyl (C=O) groups is 1. The fraction of sp³-hybridized carbons (Fsp3) is 0.458. The lowest BCUT2D eigenvalue weighted by Crippen LogP contribution is -2.54. The van der Waals surface area contributed by atoms with E-state index in [1.54, 1.807) is 7.11 Å². The number of nitrogens with zero attached hydrogens (tertiary/aromatic N) is 1. The first-order valence-corrected chi connectivity index (χ1v) is 10.4. The zero-order chi connectivity index (χ0) is 19.4. The second-order valence-corrected chi connectivity index (χ2v) is 8.15. The molecule has 1 amide bonds. The summed E-state index contributed by atoms with van der Waals surface area (Å²) in [5.41, 5.74) is 1.99. The monoisotopic (exact) mass is 378 g/mol. The highest BCUT2D eigenvalue weighted by atomic mass is 16.5. The summed E-state index contributed by atoms with van der Waals surface area (Å²) < 4.78 is 5.55. The van der Waals surface area contributed by atoms with Crippen LogP contribution in [0.2, 0.25) is 0 Å². The van der Waals surface area contributed by atoms with Gasteiger partial charge in [-0.2, -0.15) is 0 Å². The van der Waals surface area contributed by atoms with Crippen molar-refractivity contribution in [1.82, 2.24) is 10.2 Å². The van der Waals surface area contributed by atoms with E-state index in [1.165, 1.54) is 5.56 Å². The number of likely N-dealkylation sites (tertiary alicyclic amines) is 1. The Balaban J connectivity index is 1.36. The highest BCUT2D eigenvalue weighted by Crippen LogP contribution is 2.47. The fourth-order valence-corrected chi connectivity index (χ4v) is 4.59. The van der Waals surface area contributed by atoms with E-state index in [9.17, 15) is 4.79 Å². The Morgan fingerprint density at radius 1 is 1.07 bits per heavy atom. The van der Waals surface area contributed by atoms with Crippen molar-refractivity contribution in [2.45, 2.75) is 50.1 Å². The van der Waals surface area contributed by atoms with E-state index in [4.69, 9.17) is 4.74 Å². The summed E-state index contributed by atoms with van der Waals surface area (Å²) in [6.07, 6.45) is 4.94. The van der Waals surface area contributed by atoms with E-state index in [1.807, 2.05) is 18.2 Å². The van der Waals surface area contributed by atoms with Gasteiger partial charge in [-0.3, -0.25) is 9.69 Å². The predicted molar refractivity (Wildman–Crippen MR) is 111 cm³/mol. The second kappa shape index (κ2) is 8.36. The van der Waals surface area contributed by atoms with Crippen molar-refractivity contribution in [2.24, 2.45) is 0 Å². The Hall–Kier alpha value is -2.33. The van der Waals surface area contributed by atoms with E-state index in [0.717, 1.165) is 63.1 Å². The van der Waals surface area contributed by atoms with Gasteiger partial charge in [-0.1, -0.05) is 55.0 Å². The number of para-hydroxylation sites is 1. The number of piperidine rings is 1. The molecule has 4 nitrogen and oxygen atoms in total. The molecule has 0 radical (unpaired) electrons. The van der Waals surface area contributed by atoms with Gasteiger partial charge in [0.2, 0.25) is 5.91 Å². The Morgan fingerprint density at radius 3 is 2.39 bits per heavy atom. The van der Waals surface area contributed by atoms with Gasteiger partial charge < -0.3 is 10.1 Å². The van der Waals surface area contributed by atoms with Gasteiger partial charge in [0.1, 0.15) is 5.75 Å². The topological polar surface area (TPSA) is 41.6 Å². The first kappa shape index (κ1) is 19.0. The van der Waals surface area contributed by atoms with Crippen molar-refractivity contribution >= 4 is 5.91 Å². The van der Waals surface area contributed by atoms with Crippen LogP contribution in [0.15, 0.2) is 54.6 Å². The third-order valence-corrected chi connectivity index (χ3v) is 6.44. The van der Waals surface area contributed by atoms with E-state index in [-0.39, 0.29) is 11.9 Å². The third-order valence-electron chi connectivity index (χ3n) is 6.44. The van der Waals surface area contributed by atoms with Crippen molar-refractivity contribution in [1.29, 1.82) is 0 Å². The third kappa shape index (κ3) is 3.79. The number of carbonyl (C=O) groups excluding carboxylic acids is 1. The molecule has 1 heterocycles. The summed E-state index contributed by atoms with van der Waals surface area (Å²) >= 11 is 0. The minimum absolute atomic E-state index is 0.185. The smallest absolute Gasteiger partial charge is 0.231 e. The number of hydrogen-bond donors (Lipinski definition) is 1. The number of hydrogen-bond acceptors (Lipinski definition) is 3. The molecular formula is C24H30N2O2. The van der Waals surface area contributed by atoms with Crippen molar-refractivity contribution < 1.29 is 9.53 Å². The molecule has 4 heteroatoms. The number of ether oxygens (including phenoxy) is 1. The molecule has 1 N–H and O–H groups in total. The van der Waals surface area contributed by atoms with Crippen LogP contribution in [-0.4, -0.2) is 37.0 Å². The number of amides is 1. The lowest BCUT2D eigenvalue weighted by Gasteiger charge is -2.43. The molecule has 0 unspecified atom stereocenters. The van der Waals surface area contributed by atoms with Crippen LogP contribution < -0.4 is 10.1 Å².